The van der Waals surface area contributed by atoms with Gasteiger partial charge in [0.15, 0.2) is 0 Å². The van der Waals surface area contributed by atoms with Gasteiger partial charge in [0.1, 0.15) is 17.5 Å². The molecule has 2 N–H and O–H groups in total. The fourth-order valence-electron chi connectivity index (χ4n) is 1.97. The molecule has 2 aromatic heterocycles. The maximum Gasteiger partial charge on any atom is 0.136 e. The lowest BCUT2D eigenvalue weighted by molar-refractivity contribution is 0.919. The van der Waals surface area contributed by atoms with Crippen LogP contribution in [0.1, 0.15) is 36.4 Å². The van der Waals surface area contributed by atoms with Gasteiger partial charge in [0.25, 0.3) is 0 Å². The van der Waals surface area contributed by atoms with Crippen molar-refractivity contribution in [3.8, 4) is 0 Å². The second kappa shape index (κ2) is 6.10. The van der Waals surface area contributed by atoms with E-state index in [1.165, 1.54) is 17.7 Å². The Labute approximate surface area is 131 Å². The van der Waals surface area contributed by atoms with Crippen molar-refractivity contribution in [2.75, 3.05) is 17.2 Å². The molecular weight excluding hydrogens is 336 g/mol. The van der Waals surface area contributed by atoms with Crippen LogP contribution in [-0.4, -0.2) is 16.5 Å². The smallest absolute Gasteiger partial charge is 0.136 e. The molecule has 20 heavy (non-hydrogen) atoms. The number of nitrogens with one attached hydrogen (secondary N) is 2. The Hall–Kier alpha value is -1.14. The summed E-state index contributed by atoms with van der Waals surface area (Å²) in [5, 5.41) is 8.76. The van der Waals surface area contributed by atoms with Crippen LogP contribution >= 0.6 is 27.3 Å². The van der Waals surface area contributed by atoms with E-state index in [1.54, 1.807) is 11.3 Å². The number of hydrogen-bond donors (Lipinski definition) is 2. The van der Waals surface area contributed by atoms with Gasteiger partial charge in [0.05, 0.1) is 6.54 Å². The summed E-state index contributed by atoms with van der Waals surface area (Å²) in [5.41, 5.74) is 0. The highest BCUT2D eigenvalue weighted by Crippen LogP contribution is 2.38. The minimum atomic E-state index is 0.558. The lowest BCUT2D eigenvalue weighted by Gasteiger charge is -2.10. The first-order chi connectivity index (χ1) is 9.76. The molecular formula is C14H17BrN4S. The maximum absolute atomic E-state index is 4.63. The largest absolute Gasteiger partial charge is 0.370 e. The third-order valence-corrected chi connectivity index (χ3v) is 5.09. The van der Waals surface area contributed by atoms with E-state index in [4.69, 9.17) is 0 Å². The van der Waals surface area contributed by atoms with E-state index in [1.807, 2.05) is 6.07 Å². The Morgan fingerprint density at radius 1 is 1.30 bits per heavy atom. The van der Waals surface area contributed by atoms with Crippen LogP contribution < -0.4 is 10.6 Å². The zero-order chi connectivity index (χ0) is 13.9. The van der Waals surface area contributed by atoms with Gasteiger partial charge in [-0.1, -0.05) is 0 Å². The molecule has 1 aliphatic carbocycles. The standard InChI is InChI=1S/C14H17BrN4S/c1-2-16-12-7-13(19-14(18-12)9-3-4-9)17-8-11-10(15)5-6-20-11/h5-7,9H,2-4,8H2,1H3,(H2,16,17,18,19). The highest BCUT2D eigenvalue weighted by molar-refractivity contribution is 9.10. The topological polar surface area (TPSA) is 49.8 Å². The van der Waals surface area contributed by atoms with E-state index >= 15 is 0 Å². The molecule has 0 radical (unpaired) electrons. The second-order valence-electron chi connectivity index (χ2n) is 4.85. The van der Waals surface area contributed by atoms with Crippen LogP contribution in [-0.2, 0) is 6.54 Å². The van der Waals surface area contributed by atoms with Crippen LogP contribution in [0.5, 0.6) is 0 Å². The third-order valence-electron chi connectivity index (χ3n) is 3.16. The van der Waals surface area contributed by atoms with Crippen molar-refractivity contribution < 1.29 is 0 Å². The van der Waals surface area contributed by atoms with Crippen molar-refractivity contribution in [3.05, 3.63) is 32.7 Å². The number of halogens is 1. The summed E-state index contributed by atoms with van der Waals surface area (Å²) in [5.74, 6) is 3.34. The lowest BCUT2D eigenvalue weighted by Crippen LogP contribution is -2.07. The van der Waals surface area contributed by atoms with Crippen molar-refractivity contribution in [2.45, 2.75) is 32.2 Å². The minimum Gasteiger partial charge on any atom is -0.370 e. The summed E-state index contributed by atoms with van der Waals surface area (Å²) in [6, 6.07) is 4.05. The van der Waals surface area contributed by atoms with Crippen molar-refractivity contribution in [3.63, 3.8) is 0 Å². The first-order valence-corrected chi connectivity index (χ1v) is 8.52. The summed E-state index contributed by atoms with van der Waals surface area (Å²) < 4.78 is 1.15. The SMILES string of the molecule is CCNc1cc(NCc2sccc2Br)nc(C2CC2)n1. The van der Waals surface area contributed by atoms with E-state index in [0.717, 1.165) is 35.0 Å². The number of thiophene rings is 1. The molecule has 0 aromatic carbocycles. The minimum absolute atomic E-state index is 0.558. The van der Waals surface area contributed by atoms with E-state index < -0.39 is 0 Å². The zero-order valence-corrected chi connectivity index (χ0v) is 13.7. The predicted molar refractivity (Wildman–Crippen MR) is 87.5 cm³/mol. The van der Waals surface area contributed by atoms with Gasteiger partial charge < -0.3 is 10.6 Å². The average Bonchev–Trinajstić information content (AvgIpc) is 3.21. The second-order valence-corrected chi connectivity index (χ2v) is 6.70. The molecule has 4 nitrogen and oxygen atoms in total. The van der Waals surface area contributed by atoms with Gasteiger partial charge in [0.2, 0.25) is 0 Å². The molecule has 1 saturated carbocycles. The number of aromatic nitrogens is 2. The highest BCUT2D eigenvalue weighted by Gasteiger charge is 2.27. The molecule has 0 spiro atoms. The number of rotatable bonds is 6. The van der Waals surface area contributed by atoms with Gasteiger partial charge in [-0.3, -0.25) is 0 Å². The Balaban J connectivity index is 1.75. The molecule has 106 valence electrons. The molecule has 1 fully saturated rings. The normalized spacial score (nSPS) is 14.3. The number of nitrogens with zero attached hydrogens (tertiary/aromatic N) is 2. The van der Waals surface area contributed by atoms with Crippen molar-refractivity contribution in [1.82, 2.24) is 9.97 Å². The number of hydrogen-bond acceptors (Lipinski definition) is 5. The summed E-state index contributed by atoms with van der Waals surface area (Å²) in [4.78, 5) is 10.5. The van der Waals surface area contributed by atoms with E-state index in [2.05, 4.69) is 54.9 Å². The molecule has 1 aliphatic rings. The molecule has 3 rings (SSSR count). The van der Waals surface area contributed by atoms with Crippen molar-refractivity contribution in [1.29, 1.82) is 0 Å². The van der Waals surface area contributed by atoms with Crippen LogP contribution in [0, 0.1) is 0 Å². The number of anilines is 2. The van der Waals surface area contributed by atoms with Crippen molar-refractivity contribution in [2.24, 2.45) is 0 Å². The summed E-state index contributed by atoms with van der Waals surface area (Å²) in [6.07, 6.45) is 2.43. The van der Waals surface area contributed by atoms with E-state index in [0.29, 0.717) is 5.92 Å². The Morgan fingerprint density at radius 2 is 2.05 bits per heavy atom. The average molecular weight is 353 g/mol. The highest BCUT2D eigenvalue weighted by atomic mass is 79.9. The predicted octanol–water partition coefficient (Wildman–Crippen LogP) is 4.22. The molecule has 6 heteroatoms. The van der Waals surface area contributed by atoms with Gasteiger partial charge in [-0.25, -0.2) is 9.97 Å². The van der Waals surface area contributed by atoms with Crippen LogP contribution in [0.3, 0.4) is 0 Å². The fourth-order valence-corrected chi connectivity index (χ4v) is 3.41. The van der Waals surface area contributed by atoms with Crippen LogP contribution in [0.25, 0.3) is 0 Å². The fraction of sp³-hybridized carbons (Fsp3) is 0.429. The Kier molecular flexibility index (Phi) is 4.21. The molecule has 0 amide bonds. The first-order valence-electron chi connectivity index (χ1n) is 6.85. The zero-order valence-electron chi connectivity index (χ0n) is 11.3. The van der Waals surface area contributed by atoms with Gasteiger partial charge in [0, 0.05) is 27.9 Å². The Bertz CT molecular complexity index is 595. The third kappa shape index (κ3) is 3.30. The van der Waals surface area contributed by atoms with E-state index in [-0.39, 0.29) is 0 Å². The maximum atomic E-state index is 4.63. The monoisotopic (exact) mass is 352 g/mol. The lowest BCUT2D eigenvalue weighted by atomic mass is 10.3. The summed E-state index contributed by atoms with van der Waals surface area (Å²) in [7, 11) is 0. The van der Waals surface area contributed by atoms with Crippen LogP contribution in [0.15, 0.2) is 22.0 Å². The molecule has 0 unspecified atom stereocenters. The van der Waals surface area contributed by atoms with Crippen LogP contribution in [0.2, 0.25) is 0 Å². The quantitative estimate of drug-likeness (QED) is 0.816. The first kappa shape index (κ1) is 13.8. The molecule has 0 saturated heterocycles. The summed E-state index contributed by atoms with van der Waals surface area (Å²) in [6.45, 7) is 3.73. The van der Waals surface area contributed by atoms with Gasteiger partial charge in [-0.05, 0) is 47.1 Å². The molecule has 2 aromatic rings. The molecule has 2 heterocycles. The molecule has 0 atom stereocenters. The molecule has 0 aliphatic heterocycles. The van der Waals surface area contributed by atoms with Gasteiger partial charge in [-0.2, -0.15) is 0 Å². The Morgan fingerprint density at radius 3 is 2.65 bits per heavy atom. The molecule has 0 bridgehead atoms. The van der Waals surface area contributed by atoms with Gasteiger partial charge in [-0.15, -0.1) is 11.3 Å². The van der Waals surface area contributed by atoms with Gasteiger partial charge >= 0.3 is 0 Å². The van der Waals surface area contributed by atoms with Crippen LogP contribution in [0.4, 0.5) is 11.6 Å². The van der Waals surface area contributed by atoms with E-state index in [9.17, 15) is 0 Å². The summed E-state index contributed by atoms with van der Waals surface area (Å²) >= 11 is 5.29. The van der Waals surface area contributed by atoms with Crippen molar-refractivity contribution >= 4 is 38.9 Å².